The first-order chi connectivity index (χ1) is 15.1. The standard InChI is InChI=1S/C19H34N6O6S/c1-3-4-10-32(30,31)25-9-8-24(13-16(26)27)19(29)17(25)15(12-22-20)18(28)23(2)14-6-5-7-21-11-14/h12,14-15,17,21H,3-11,13,20H2,1-2H3,(H,26,27)/t14-,15?,17?/m0/s1. The molecule has 0 aliphatic carbocycles. The van der Waals surface area contributed by atoms with Crippen molar-refractivity contribution in [1.82, 2.24) is 19.4 Å². The summed E-state index contributed by atoms with van der Waals surface area (Å²) in [5.74, 6) is 1.45. The molecule has 0 aromatic heterocycles. The Balaban J connectivity index is 2.43. The molecule has 0 aromatic carbocycles. The van der Waals surface area contributed by atoms with Gasteiger partial charge in [0.1, 0.15) is 18.5 Å². The maximum Gasteiger partial charge on any atom is 0.323 e. The van der Waals surface area contributed by atoms with Crippen molar-refractivity contribution in [1.29, 1.82) is 0 Å². The monoisotopic (exact) mass is 474 g/mol. The van der Waals surface area contributed by atoms with Crippen LogP contribution in [0.15, 0.2) is 5.10 Å². The van der Waals surface area contributed by atoms with Crippen LogP contribution in [0, 0.1) is 5.92 Å². The van der Waals surface area contributed by atoms with Crippen LogP contribution in [-0.4, -0.2) is 109 Å². The normalized spacial score (nSPS) is 23.9. The van der Waals surface area contributed by atoms with E-state index in [1.54, 1.807) is 7.05 Å². The van der Waals surface area contributed by atoms with Crippen molar-refractivity contribution < 1.29 is 27.9 Å². The number of piperazine rings is 1. The number of hydrazone groups is 1. The Morgan fingerprint density at radius 2 is 2.12 bits per heavy atom. The highest BCUT2D eigenvalue weighted by Crippen LogP contribution is 2.25. The molecule has 2 heterocycles. The molecule has 2 aliphatic rings. The Hall–Kier alpha value is -2.25. The Morgan fingerprint density at radius 1 is 1.41 bits per heavy atom. The third kappa shape index (κ3) is 6.17. The number of unbranched alkanes of at least 4 members (excludes halogenated alkanes) is 1. The van der Waals surface area contributed by atoms with Gasteiger partial charge in [-0.05, 0) is 25.8 Å². The molecular weight excluding hydrogens is 440 g/mol. The number of amides is 2. The lowest BCUT2D eigenvalue weighted by molar-refractivity contribution is -0.151. The quantitative estimate of drug-likeness (QED) is 0.195. The molecule has 0 saturated carbocycles. The number of carbonyl (C=O) groups excluding carboxylic acids is 2. The van der Waals surface area contributed by atoms with Crippen LogP contribution in [0.5, 0.6) is 0 Å². The lowest BCUT2D eigenvalue weighted by atomic mass is 9.94. The topological polar surface area (TPSA) is 166 Å². The van der Waals surface area contributed by atoms with Gasteiger partial charge in [0.05, 0.1) is 5.75 Å². The first-order valence-corrected chi connectivity index (χ1v) is 12.5. The first-order valence-electron chi connectivity index (χ1n) is 10.8. The number of carboxylic acids is 1. The van der Waals surface area contributed by atoms with Gasteiger partial charge in [-0.1, -0.05) is 13.3 Å². The summed E-state index contributed by atoms with van der Waals surface area (Å²) < 4.78 is 27.1. The van der Waals surface area contributed by atoms with Gasteiger partial charge in [0.15, 0.2) is 0 Å². The smallest absolute Gasteiger partial charge is 0.323 e. The van der Waals surface area contributed by atoms with Gasteiger partial charge in [-0.15, -0.1) is 0 Å². The number of piperidine rings is 1. The second-order valence-corrected chi connectivity index (χ2v) is 10.2. The fraction of sp³-hybridized carbons (Fsp3) is 0.789. The van der Waals surface area contributed by atoms with Crippen molar-refractivity contribution in [2.24, 2.45) is 16.9 Å². The summed E-state index contributed by atoms with van der Waals surface area (Å²) >= 11 is 0. The number of hydrogen-bond donors (Lipinski definition) is 3. The summed E-state index contributed by atoms with van der Waals surface area (Å²) in [6, 6.07) is -1.56. The van der Waals surface area contributed by atoms with E-state index in [9.17, 15) is 22.8 Å². The Bertz CT molecular complexity index is 813. The summed E-state index contributed by atoms with van der Waals surface area (Å²) in [6.45, 7) is 2.52. The average Bonchev–Trinajstić information content (AvgIpc) is 2.77. The lowest BCUT2D eigenvalue weighted by Crippen LogP contribution is -2.64. The van der Waals surface area contributed by atoms with Crippen LogP contribution >= 0.6 is 0 Å². The van der Waals surface area contributed by atoms with Crippen molar-refractivity contribution >= 4 is 34.0 Å². The third-order valence-corrected chi connectivity index (χ3v) is 7.87. The summed E-state index contributed by atoms with van der Waals surface area (Å²) in [5, 5.41) is 15.8. The van der Waals surface area contributed by atoms with Crippen LogP contribution in [0.25, 0.3) is 0 Å². The number of carbonyl (C=O) groups is 3. The molecule has 0 aromatic rings. The van der Waals surface area contributed by atoms with E-state index in [2.05, 4.69) is 10.4 Å². The van der Waals surface area contributed by atoms with Crippen LogP contribution in [0.2, 0.25) is 0 Å². The third-order valence-electron chi connectivity index (χ3n) is 5.94. The van der Waals surface area contributed by atoms with E-state index in [1.165, 1.54) is 4.90 Å². The highest BCUT2D eigenvalue weighted by Gasteiger charge is 2.48. The number of hydrogen-bond acceptors (Lipinski definition) is 8. The van der Waals surface area contributed by atoms with Gasteiger partial charge in [-0.3, -0.25) is 14.4 Å². The molecule has 182 valence electrons. The van der Waals surface area contributed by atoms with Crippen LogP contribution in [0.4, 0.5) is 0 Å². The first kappa shape index (κ1) is 26.0. The molecule has 0 radical (unpaired) electrons. The maximum absolute atomic E-state index is 13.4. The summed E-state index contributed by atoms with van der Waals surface area (Å²) in [5.41, 5.74) is 0. The molecule has 0 bridgehead atoms. The highest BCUT2D eigenvalue weighted by atomic mass is 32.2. The number of nitrogens with zero attached hydrogens (tertiary/aromatic N) is 4. The van der Waals surface area contributed by atoms with E-state index in [4.69, 9.17) is 10.9 Å². The van der Waals surface area contributed by atoms with Gasteiger partial charge in [-0.25, -0.2) is 8.42 Å². The number of rotatable bonds is 10. The zero-order chi connectivity index (χ0) is 23.9. The van der Waals surface area contributed by atoms with Gasteiger partial charge < -0.3 is 26.1 Å². The summed E-state index contributed by atoms with van der Waals surface area (Å²) in [6.07, 6.45) is 3.77. The van der Waals surface area contributed by atoms with Crippen LogP contribution in [-0.2, 0) is 24.4 Å². The number of nitrogens with two attached hydrogens (primary N) is 1. The number of likely N-dealkylation sites (N-methyl/N-ethyl adjacent to an activating group) is 1. The van der Waals surface area contributed by atoms with Gasteiger partial charge in [-0.2, -0.15) is 9.41 Å². The number of sulfonamides is 1. The van der Waals surface area contributed by atoms with Gasteiger partial charge >= 0.3 is 5.97 Å². The molecule has 0 spiro atoms. The number of aliphatic carboxylic acids is 1. The van der Waals surface area contributed by atoms with E-state index in [0.717, 1.165) is 34.8 Å². The van der Waals surface area contributed by atoms with Crippen molar-refractivity contribution in [2.75, 3.05) is 45.5 Å². The van der Waals surface area contributed by atoms with E-state index in [1.807, 2.05) is 6.92 Å². The van der Waals surface area contributed by atoms with Crippen molar-refractivity contribution in [3.63, 3.8) is 0 Å². The molecule has 32 heavy (non-hydrogen) atoms. The molecule has 3 atom stereocenters. The second kappa shape index (κ2) is 11.6. The maximum atomic E-state index is 13.4. The van der Waals surface area contributed by atoms with E-state index in [-0.39, 0.29) is 24.9 Å². The molecule has 2 amide bonds. The van der Waals surface area contributed by atoms with Gasteiger partial charge in [0.25, 0.3) is 0 Å². The minimum absolute atomic E-state index is 0.0734. The van der Waals surface area contributed by atoms with Crippen molar-refractivity contribution in [2.45, 2.75) is 44.7 Å². The molecule has 2 aliphatic heterocycles. The number of carboxylic acid groups (broad SMARTS) is 1. The minimum atomic E-state index is -3.87. The highest BCUT2D eigenvalue weighted by molar-refractivity contribution is 7.89. The molecular formula is C19H34N6O6S. The van der Waals surface area contributed by atoms with Crippen LogP contribution in [0.1, 0.15) is 32.6 Å². The fourth-order valence-electron chi connectivity index (χ4n) is 4.14. The Morgan fingerprint density at radius 3 is 2.69 bits per heavy atom. The average molecular weight is 475 g/mol. The Labute approximate surface area is 188 Å². The predicted molar refractivity (Wildman–Crippen MR) is 118 cm³/mol. The zero-order valence-electron chi connectivity index (χ0n) is 18.6. The molecule has 12 nitrogen and oxygen atoms in total. The molecule has 4 N–H and O–H groups in total. The van der Waals surface area contributed by atoms with E-state index < -0.39 is 46.3 Å². The van der Waals surface area contributed by atoms with E-state index in [0.29, 0.717) is 19.4 Å². The lowest BCUT2D eigenvalue weighted by Gasteiger charge is -2.42. The zero-order valence-corrected chi connectivity index (χ0v) is 19.5. The van der Waals surface area contributed by atoms with Gasteiger partial charge in [0, 0.05) is 38.9 Å². The second-order valence-electron chi connectivity index (χ2n) is 8.15. The van der Waals surface area contributed by atoms with E-state index >= 15 is 0 Å². The molecule has 2 rings (SSSR count). The van der Waals surface area contributed by atoms with Crippen molar-refractivity contribution in [3.05, 3.63) is 0 Å². The minimum Gasteiger partial charge on any atom is -0.480 e. The molecule has 13 heteroatoms. The summed E-state index contributed by atoms with van der Waals surface area (Å²) in [4.78, 5) is 40.5. The summed E-state index contributed by atoms with van der Waals surface area (Å²) in [7, 11) is -2.27. The van der Waals surface area contributed by atoms with Crippen LogP contribution in [0.3, 0.4) is 0 Å². The van der Waals surface area contributed by atoms with Crippen LogP contribution < -0.4 is 11.2 Å². The Kier molecular flexibility index (Phi) is 9.40. The fourth-order valence-corrected chi connectivity index (χ4v) is 5.96. The van der Waals surface area contributed by atoms with Gasteiger partial charge in [0.2, 0.25) is 21.8 Å². The SMILES string of the molecule is CCCCS(=O)(=O)N1CCN(CC(=O)O)C(=O)C1C(C=NN)C(=O)N(C)[C@H]1CCCNC1. The predicted octanol–water partition coefficient (Wildman–Crippen LogP) is -1.52. The van der Waals surface area contributed by atoms with Crippen molar-refractivity contribution in [3.8, 4) is 0 Å². The molecule has 2 saturated heterocycles. The largest absolute Gasteiger partial charge is 0.480 e. The molecule has 2 unspecified atom stereocenters. The molecule has 2 fully saturated rings. The number of nitrogens with one attached hydrogen (secondary N) is 1.